The van der Waals surface area contributed by atoms with Crippen molar-refractivity contribution in [2.24, 2.45) is 0 Å². The Bertz CT molecular complexity index is 446. The Labute approximate surface area is 102 Å². The van der Waals surface area contributed by atoms with Gasteiger partial charge in [-0.15, -0.1) is 0 Å². The van der Waals surface area contributed by atoms with Gasteiger partial charge in [0, 0.05) is 24.5 Å². The maximum atomic E-state index is 11.5. The van der Waals surface area contributed by atoms with E-state index in [4.69, 9.17) is 11.1 Å². The van der Waals surface area contributed by atoms with Crippen LogP contribution in [0.2, 0.25) is 0 Å². The first-order valence-corrected chi connectivity index (χ1v) is 5.24. The van der Waals surface area contributed by atoms with Crippen LogP contribution in [-0.4, -0.2) is 26.3 Å². The molecule has 4 N–H and O–H groups in total. The summed E-state index contributed by atoms with van der Waals surface area (Å²) >= 11 is 3.22. The van der Waals surface area contributed by atoms with Crippen molar-refractivity contribution in [3.63, 3.8) is 0 Å². The van der Waals surface area contributed by atoms with Gasteiger partial charge in [-0.05, 0) is 22.0 Å². The summed E-state index contributed by atoms with van der Waals surface area (Å²) in [5, 5.41) is 10.1. The minimum absolute atomic E-state index is 0.329. The SMILES string of the molecule is CNc1cc(C(=O)OC)c(Br)c(N)c1C=N. The Kier molecular flexibility index (Phi) is 3.89. The third-order valence-corrected chi connectivity index (χ3v) is 3.02. The van der Waals surface area contributed by atoms with Crippen molar-refractivity contribution in [2.75, 3.05) is 25.2 Å². The molecule has 0 atom stereocenters. The standard InChI is InChI=1S/C10H12BrN3O2/c1-14-7-3-5(10(15)16-2)8(11)9(13)6(7)4-12/h3-4,12,14H,13H2,1-2H3. The minimum atomic E-state index is -0.480. The molecule has 0 aliphatic carbocycles. The number of anilines is 2. The number of nitrogens with two attached hydrogens (primary N) is 1. The molecule has 86 valence electrons. The molecule has 0 saturated carbocycles. The molecule has 1 aromatic carbocycles. The van der Waals surface area contributed by atoms with Crippen LogP contribution in [0.1, 0.15) is 15.9 Å². The van der Waals surface area contributed by atoms with E-state index >= 15 is 0 Å². The quantitative estimate of drug-likeness (QED) is 0.449. The predicted molar refractivity (Wildman–Crippen MR) is 67.3 cm³/mol. The summed E-state index contributed by atoms with van der Waals surface area (Å²) < 4.78 is 5.08. The lowest BCUT2D eigenvalue weighted by molar-refractivity contribution is 0.0600. The summed E-state index contributed by atoms with van der Waals surface area (Å²) in [6.07, 6.45) is 1.13. The molecule has 1 aromatic rings. The van der Waals surface area contributed by atoms with E-state index < -0.39 is 5.97 Å². The van der Waals surface area contributed by atoms with Gasteiger partial charge in [0.15, 0.2) is 0 Å². The summed E-state index contributed by atoms with van der Waals surface area (Å²) in [4.78, 5) is 11.5. The van der Waals surface area contributed by atoms with Gasteiger partial charge in [0.2, 0.25) is 0 Å². The van der Waals surface area contributed by atoms with Crippen molar-refractivity contribution in [1.29, 1.82) is 5.41 Å². The third kappa shape index (κ3) is 2.01. The fourth-order valence-electron chi connectivity index (χ4n) is 1.31. The molecule has 1 rings (SSSR count). The molecule has 6 heteroatoms. The van der Waals surface area contributed by atoms with Crippen molar-refractivity contribution < 1.29 is 9.53 Å². The van der Waals surface area contributed by atoms with E-state index in [0.29, 0.717) is 27.0 Å². The van der Waals surface area contributed by atoms with E-state index in [0.717, 1.165) is 6.21 Å². The second-order valence-electron chi connectivity index (χ2n) is 3.00. The molecule has 0 aliphatic rings. The largest absolute Gasteiger partial charge is 0.465 e. The minimum Gasteiger partial charge on any atom is -0.465 e. The fourth-order valence-corrected chi connectivity index (χ4v) is 1.80. The second kappa shape index (κ2) is 4.98. The van der Waals surface area contributed by atoms with Crippen molar-refractivity contribution in [3.05, 3.63) is 21.7 Å². The Morgan fingerprint density at radius 3 is 2.75 bits per heavy atom. The topological polar surface area (TPSA) is 88.2 Å². The molecule has 0 amide bonds. The van der Waals surface area contributed by atoms with Crippen LogP contribution in [0.3, 0.4) is 0 Å². The maximum Gasteiger partial charge on any atom is 0.339 e. The lowest BCUT2D eigenvalue weighted by Gasteiger charge is -2.13. The molecule has 0 aliphatic heterocycles. The summed E-state index contributed by atoms with van der Waals surface area (Å²) in [7, 11) is 2.99. The van der Waals surface area contributed by atoms with Crippen molar-refractivity contribution >= 4 is 39.5 Å². The Morgan fingerprint density at radius 1 is 1.69 bits per heavy atom. The summed E-state index contributed by atoms with van der Waals surface area (Å²) in [6.45, 7) is 0. The number of ether oxygens (including phenoxy) is 1. The number of nitrogen functional groups attached to an aromatic ring is 1. The fraction of sp³-hybridized carbons (Fsp3) is 0.200. The van der Waals surface area contributed by atoms with Crippen LogP contribution in [0.15, 0.2) is 10.5 Å². The number of carbonyl (C=O) groups excluding carboxylic acids is 1. The van der Waals surface area contributed by atoms with Crippen LogP contribution >= 0.6 is 15.9 Å². The van der Waals surface area contributed by atoms with Gasteiger partial charge in [-0.25, -0.2) is 4.79 Å². The van der Waals surface area contributed by atoms with Gasteiger partial charge in [0.1, 0.15) is 0 Å². The van der Waals surface area contributed by atoms with Gasteiger partial charge >= 0.3 is 5.97 Å². The number of methoxy groups -OCH3 is 1. The van der Waals surface area contributed by atoms with Crippen LogP contribution in [0.4, 0.5) is 11.4 Å². The van der Waals surface area contributed by atoms with E-state index in [1.165, 1.54) is 7.11 Å². The maximum absolute atomic E-state index is 11.5. The monoisotopic (exact) mass is 285 g/mol. The van der Waals surface area contributed by atoms with Gasteiger partial charge in [-0.2, -0.15) is 0 Å². The van der Waals surface area contributed by atoms with Gasteiger partial charge in [0.05, 0.1) is 22.8 Å². The van der Waals surface area contributed by atoms with Gasteiger partial charge in [0.25, 0.3) is 0 Å². The smallest absolute Gasteiger partial charge is 0.339 e. The van der Waals surface area contributed by atoms with Gasteiger partial charge in [-0.3, -0.25) is 0 Å². The first-order valence-electron chi connectivity index (χ1n) is 4.45. The van der Waals surface area contributed by atoms with E-state index in [2.05, 4.69) is 26.0 Å². The van der Waals surface area contributed by atoms with Crippen molar-refractivity contribution in [3.8, 4) is 0 Å². The number of carbonyl (C=O) groups is 1. The van der Waals surface area contributed by atoms with E-state index in [1.807, 2.05) is 0 Å². The first-order chi connectivity index (χ1) is 7.56. The summed E-state index contributed by atoms with van der Waals surface area (Å²) in [5.41, 5.74) is 7.62. The van der Waals surface area contributed by atoms with Crippen LogP contribution in [0, 0.1) is 5.41 Å². The predicted octanol–water partition coefficient (Wildman–Crippen LogP) is 1.86. The lowest BCUT2D eigenvalue weighted by Crippen LogP contribution is -2.08. The zero-order chi connectivity index (χ0) is 12.3. The van der Waals surface area contributed by atoms with Crippen LogP contribution in [0.5, 0.6) is 0 Å². The molecule has 0 bridgehead atoms. The van der Waals surface area contributed by atoms with Gasteiger partial charge < -0.3 is 21.2 Å². The molecule has 0 heterocycles. The Balaban J connectivity index is 3.50. The molecule has 0 unspecified atom stereocenters. The number of rotatable bonds is 3. The first kappa shape index (κ1) is 12.5. The van der Waals surface area contributed by atoms with E-state index in [-0.39, 0.29) is 0 Å². The van der Waals surface area contributed by atoms with Crippen LogP contribution in [0.25, 0.3) is 0 Å². The molecular formula is C10H12BrN3O2. The van der Waals surface area contributed by atoms with Gasteiger partial charge in [-0.1, -0.05) is 0 Å². The van der Waals surface area contributed by atoms with E-state index in [9.17, 15) is 4.79 Å². The highest BCUT2D eigenvalue weighted by molar-refractivity contribution is 9.10. The average Bonchev–Trinajstić information content (AvgIpc) is 2.31. The molecule has 0 saturated heterocycles. The second-order valence-corrected chi connectivity index (χ2v) is 3.79. The Hall–Kier alpha value is -1.56. The van der Waals surface area contributed by atoms with E-state index in [1.54, 1.807) is 13.1 Å². The molecular weight excluding hydrogens is 274 g/mol. The number of esters is 1. The van der Waals surface area contributed by atoms with Crippen LogP contribution in [-0.2, 0) is 4.74 Å². The zero-order valence-electron chi connectivity index (χ0n) is 8.93. The summed E-state index contributed by atoms with van der Waals surface area (Å²) in [5.74, 6) is -0.480. The van der Waals surface area contributed by atoms with Crippen molar-refractivity contribution in [2.45, 2.75) is 0 Å². The molecule has 5 nitrogen and oxygen atoms in total. The highest BCUT2D eigenvalue weighted by Gasteiger charge is 2.17. The van der Waals surface area contributed by atoms with Crippen molar-refractivity contribution in [1.82, 2.24) is 0 Å². The highest BCUT2D eigenvalue weighted by atomic mass is 79.9. The molecule has 0 spiro atoms. The zero-order valence-corrected chi connectivity index (χ0v) is 10.5. The highest BCUT2D eigenvalue weighted by Crippen LogP contribution is 2.32. The average molecular weight is 286 g/mol. The number of halogens is 1. The lowest BCUT2D eigenvalue weighted by atomic mass is 10.1. The Morgan fingerprint density at radius 2 is 2.31 bits per heavy atom. The summed E-state index contributed by atoms with van der Waals surface area (Å²) in [6, 6.07) is 1.59. The molecule has 0 fully saturated rings. The number of benzene rings is 1. The molecule has 0 aromatic heterocycles. The molecule has 16 heavy (non-hydrogen) atoms. The third-order valence-electron chi connectivity index (χ3n) is 2.16. The van der Waals surface area contributed by atoms with Crippen LogP contribution < -0.4 is 11.1 Å². The number of hydrogen-bond donors (Lipinski definition) is 3. The normalized spacial score (nSPS) is 9.69. The number of hydrogen-bond acceptors (Lipinski definition) is 5. The molecule has 0 radical (unpaired) electrons. The number of nitrogens with one attached hydrogen (secondary N) is 2.